The highest BCUT2D eigenvalue weighted by Gasteiger charge is 2.31. The monoisotopic (exact) mass is 204 g/mol. The average molecular weight is 204 g/mol. The summed E-state index contributed by atoms with van der Waals surface area (Å²) >= 11 is 0. The predicted molar refractivity (Wildman–Crippen MR) is 53.4 cm³/mol. The Balaban J connectivity index is 2.07. The number of aryl methyl sites for hydroxylation is 1. The van der Waals surface area contributed by atoms with Crippen LogP contribution in [0.15, 0.2) is 12.4 Å². The van der Waals surface area contributed by atoms with Crippen LogP contribution in [-0.4, -0.2) is 21.5 Å². The van der Waals surface area contributed by atoms with Gasteiger partial charge in [-0.1, -0.05) is 0 Å². The molecule has 78 valence electrons. The number of nitrogens with zero attached hydrogens (tertiary/aromatic N) is 2. The highest BCUT2D eigenvalue weighted by molar-refractivity contribution is 6.08. The molecule has 1 aromatic rings. The van der Waals surface area contributed by atoms with E-state index in [1.165, 1.54) is 12.4 Å². The molecule has 0 bridgehead atoms. The molecule has 4 nitrogen and oxygen atoms in total. The van der Waals surface area contributed by atoms with Gasteiger partial charge in [-0.05, 0) is 19.8 Å². The second-order valence-electron chi connectivity index (χ2n) is 3.83. The van der Waals surface area contributed by atoms with Crippen LogP contribution in [-0.2, 0) is 4.79 Å². The highest BCUT2D eigenvalue weighted by Crippen LogP contribution is 2.31. The smallest absolute Gasteiger partial charge is 0.190 e. The van der Waals surface area contributed by atoms with Gasteiger partial charge in [0.2, 0.25) is 0 Å². The van der Waals surface area contributed by atoms with Crippen LogP contribution in [0, 0.1) is 12.8 Å². The molecule has 0 aromatic carbocycles. The molecule has 1 aromatic heterocycles. The van der Waals surface area contributed by atoms with E-state index in [0.717, 1.165) is 12.8 Å². The molecule has 0 unspecified atom stereocenters. The largest absolute Gasteiger partial charge is 0.299 e. The summed E-state index contributed by atoms with van der Waals surface area (Å²) in [6.45, 7) is 1.72. The molecule has 0 atom stereocenters. The Morgan fingerprint density at radius 3 is 2.60 bits per heavy atom. The lowest BCUT2D eigenvalue weighted by molar-refractivity contribution is -0.119. The zero-order valence-corrected chi connectivity index (χ0v) is 8.56. The van der Waals surface area contributed by atoms with Crippen molar-refractivity contribution in [1.29, 1.82) is 0 Å². The first-order chi connectivity index (χ1) is 7.18. The Kier molecular flexibility index (Phi) is 2.58. The standard InChI is InChI=1S/C11H12N2O2/c1-7-11(13-5-4-12-7)10(15)6-9(14)8-2-3-8/h4-5,8H,2-3,6H2,1H3. The molecule has 0 N–H and O–H groups in total. The molecule has 0 spiro atoms. The first-order valence-electron chi connectivity index (χ1n) is 5.02. The van der Waals surface area contributed by atoms with Gasteiger partial charge in [-0.25, -0.2) is 4.98 Å². The highest BCUT2D eigenvalue weighted by atomic mass is 16.1. The van der Waals surface area contributed by atoms with Crippen LogP contribution in [0.4, 0.5) is 0 Å². The van der Waals surface area contributed by atoms with Gasteiger partial charge in [0.1, 0.15) is 11.5 Å². The first kappa shape index (κ1) is 9.96. The Morgan fingerprint density at radius 2 is 2.00 bits per heavy atom. The van der Waals surface area contributed by atoms with Crippen LogP contribution in [0.5, 0.6) is 0 Å². The average Bonchev–Trinajstić information content (AvgIpc) is 3.01. The topological polar surface area (TPSA) is 59.9 Å². The molecule has 0 saturated heterocycles. The fourth-order valence-corrected chi connectivity index (χ4v) is 1.47. The van der Waals surface area contributed by atoms with E-state index in [2.05, 4.69) is 9.97 Å². The maximum absolute atomic E-state index is 11.7. The molecule has 0 aliphatic heterocycles. The van der Waals surface area contributed by atoms with E-state index in [4.69, 9.17) is 0 Å². The number of carbonyl (C=O) groups excluding carboxylic acids is 2. The Morgan fingerprint density at radius 1 is 1.33 bits per heavy atom. The molecular formula is C11H12N2O2. The second kappa shape index (κ2) is 3.88. The number of rotatable bonds is 4. The van der Waals surface area contributed by atoms with E-state index in [0.29, 0.717) is 11.4 Å². The summed E-state index contributed by atoms with van der Waals surface area (Å²) < 4.78 is 0. The van der Waals surface area contributed by atoms with Crippen LogP contribution in [0.1, 0.15) is 35.4 Å². The number of Topliss-reactive ketones (excluding diaryl/α,β-unsaturated/α-hetero) is 2. The molecule has 0 radical (unpaired) electrons. The normalized spacial score (nSPS) is 15.0. The number of carbonyl (C=O) groups is 2. The number of aromatic nitrogens is 2. The van der Waals surface area contributed by atoms with E-state index in [1.54, 1.807) is 6.92 Å². The summed E-state index contributed by atoms with van der Waals surface area (Å²) in [4.78, 5) is 31.0. The second-order valence-corrected chi connectivity index (χ2v) is 3.83. The molecule has 0 amide bonds. The van der Waals surface area contributed by atoms with Crippen molar-refractivity contribution < 1.29 is 9.59 Å². The summed E-state index contributed by atoms with van der Waals surface area (Å²) in [6, 6.07) is 0. The van der Waals surface area contributed by atoms with Crippen molar-refractivity contribution in [2.75, 3.05) is 0 Å². The van der Waals surface area contributed by atoms with Crippen molar-refractivity contribution in [3.8, 4) is 0 Å². The van der Waals surface area contributed by atoms with Crippen LogP contribution in [0.2, 0.25) is 0 Å². The molecular weight excluding hydrogens is 192 g/mol. The van der Waals surface area contributed by atoms with Crippen LogP contribution >= 0.6 is 0 Å². The van der Waals surface area contributed by atoms with Crippen LogP contribution < -0.4 is 0 Å². The maximum atomic E-state index is 11.7. The van der Waals surface area contributed by atoms with Crippen molar-refractivity contribution in [2.45, 2.75) is 26.2 Å². The molecule has 1 heterocycles. The van der Waals surface area contributed by atoms with Gasteiger partial charge in [0, 0.05) is 18.3 Å². The van der Waals surface area contributed by atoms with Gasteiger partial charge in [0.15, 0.2) is 5.78 Å². The maximum Gasteiger partial charge on any atom is 0.190 e. The minimum atomic E-state index is -0.211. The minimum absolute atomic E-state index is 0.0236. The van der Waals surface area contributed by atoms with E-state index in [1.807, 2.05) is 0 Å². The van der Waals surface area contributed by atoms with Crippen molar-refractivity contribution in [3.05, 3.63) is 23.8 Å². The van der Waals surface area contributed by atoms with Gasteiger partial charge >= 0.3 is 0 Å². The van der Waals surface area contributed by atoms with Crippen molar-refractivity contribution >= 4 is 11.6 Å². The van der Waals surface area contributed by atoms with Gasteiger partial charge in [-0.2, -0.15) is 0 Å². The first-order valence-corrected chi connectivity index (χ1v) is 5.02. The fraction of sp³-hybridized carbons (Fsp3) is 0.455. The van der Waals surface area contributed by atoms with Gasteiger partial charge in [-0.3, -0.25) is 14.6 Å². The summed E-state index contributed by atoms with van der Waals surface area (Å²) in [7, 11) is 0. The van der Waals surface area contributed by atoms with E-state index >= 15 is 0 Å². The molecule has 4 heteroatoms. The third-order valence-corrected chi connectivity index (χ3v) is 2.51. The predicted octanol–water partition coefficient (Wildman–Crippen LogP) is 1.34. The van der Waals surface area contributed by atoms with E-state index < -0.39 is 0 Å². The van der Waals surface area contributed by atoms with Gasteiger partial charge < -0.3 is 0 Å². The third kappa shape index (κ3) is 2.26. The van der Waals surface area contributed by atoms with E-state index in [9.17, 15) is 9.59 Å². The van der Waals surface area contributed by atoms with Crippen molar-refractivity contribution in [2.24, 2.45) is 5.92 Å². The van der Waals surface area contributed by atoms with Crippen molar-refractivity contribution in [1.82, 2.24) is 9.97 Å². The SMILES string of the molecule is Cc1nccnc1C(=O)CC(=O)C1CC1. The molecule has 1 saturated carbocycles. The third-order valence-electron chi connectivity index (χ3n) is 2.51. The summed E-state index contributed by atoms with van der Waals surface area (Å²) in [5.41, 5.74) is 0.914. The number of hydrogen-bond donors (Lipinski definition) is 0. The van der Waals surface area contributed by atoms with Crippen LogP contribution in [0.3, 0.4) is 0 Å². The Labute approximate surface area is 87.7 Å². The zero-order valence-electron chi connectivity index (χ0n) is 8.56. The van der Waals surface area contributed by atoms with Crippen molar-refractivity contribution in [3.63, 3.8) is 0 Å². The van der Waals surface area contributed by atoms with E-state index in [-0.39, 0.29) is 23.9 Å². The van der Waals surface area contributed by atoms with Crippen LogP contribution in [0.25, 0.3) is 0 Å². The summed E-state index contributed by atoms with van der Waals surface area (Å²) in [6.07, 6.45) is 4.86. The quantitative estimate of drug-likeness (QED) is 0.548. The Bertz CT molecular complexity index is 411. The molecule has 2 rings (SSSR count). The molecule has 1 fully saturated rings. The lowest BCUT2D eigenvalue weighted by Crippen LogP contribution is -2.12. The Hall–Kier alpha value is -1.58. The van der Waals surface area contributed by atoms with Gasteiger partial charge in [0.05, 0.1) is 12.1 Å². The molecule has 1 aliphatic rings. The number of ketones is 2. The lowest BCUT2D eigenvalue weighted by Gasteiger charge is -2.01. The number of hydrogen-bond acceptors (Lipinski definition) is 4. The summed E-state index contributed by atoms with van der Waals surface area (Å²) in [5, 5.41) is 0. The lowest BCUT2D eigenvalue weighted by atomic mass is 10.1. The molecule has 1 aliphatic carbocycles. The summed E-state index contributed by atoms with van der Waals surface area (Å²) in [5.74, 6) is -0.0338. The van der Waals surface area contributed by atoms with Gasteiger partial charge in [0.25, 0.3) is 0 Å². The minimum Gasteiger partial charge on any atom is -0.299 e. The fourth-order valence-electron chi connectivity index (χ4n) is 1.47. The zero-order chi connectivity index (χ0) is 10.8. The van der Waals surface area contributed by atoms with Gasteiger partial charge in [-0.15, -0.1) is 0 Å². The molecule has 15 heavy (non-hydrogen) atoms.